The molecule has 0 radical (unpaired) electrons. The number of benzene rings is 2. The van der Waals surface area contributed by atoms with Crippen molar-refractivity contribution >= 4 is 16.8 Å². The second-order valence-electron chi connectivity index (χ2n) is 4.82. The highest BCUT2D eigenvalue weighted by atomic mass is 16.1. The number of fused-ring (bicyclic) bond motifs is 1. The smallest absolute Gasteiger partial charge is 0.168 e. The average Bonchev–Trinajstić information content (AvgIpc) is 2.48. The van der Waals surface area contributed by atoms with Crippen LogP contribution in [0.5, 0.6) is 0 Å². The quantitative estimate of drug-likeness (QED) is 0.680. The molecule has 0 unspecified atom stereocenters. The van der Waals surface area contributed by atoms with Crippen LogP contribution in [0.15, 0.2) is 54.7 Å². The number of ketones is 1. The third-order valence-electron chi connectivity index (χ3n) is 3.21. The maximum atomic E-state index is 12.2. The molecule has 0 fully saturated rings. The number of aryl methyl sites for hydroxylation is 1. The van der Waals surface area contributed by atoms with Crippen molar-refractivity contribution in [3.8, 4) is 0 Å². The van der Waals surface area contributed by atoms with Crippen molar-refractivity contribution in [2.45, 2.75) is 13.3 Å². The average molecular weight is 262 g/mol. The largest absolute Gasteiger partial charge is 0.294 e. The van der Waals surface area contributed by atoms with Gasteiger partial charge in [0.25, 0.3) is 0 Å². The van der Waals surface area contributed by atoms with Crippen molar-refractivity contribution in [2.24, 2.45) is 0 Å². The van der Waals surface area contributed by atoms with E-state index in [1.165, 1.54) is 0 Å². The Morgan fingerprint density at radius 1 is 1.00 bits per heavy atom. The molecular formula is C17H14N2O. The minimum Gasteiger partial charge on any atom is -0.294 e. The lowest BCUT2D eigenvalue weighted by atomic mass is 10.1. The monoisotopic (exact) mass is 262 g/mol. The van der Waals surface area contributed by atoms with E-state index in [4.69, 9.17) is 0 Å². The van der Waals surface area contributed by atoms with Crippen LogP contribution in [0.4, 0.5) is 0 Å². The molecule has 0 atom stereocenters. The number of aromatic nitrogens is 2. The SMILES string of the molecule is Cc1ccc(C(=O)Cc2cnc3ccccc3n2)cc1. The molecule has 1 aromatic heterocycles. The summed E-state index contributed by atoms with van der Waals surface area (Å²) in [5.41, 5.74) is 4.23. The summed E-state index contributed by atoms with van der Waals surface area (Å²) in [5, 5.41) is 0. The first-order chi connectivity index (χ1) is 9.72. The van der Waals surface area contributed by atoms with Crippen LogP contribution >= 0.6 is 0 Å². The Morgan fingerprint density at radius 3 is 2.45 bits per heavy atom. The highest BCUT2D eigenvalue weighted by Crippen LogP contribution is 2.11. The van der Waals surface area contributed by atoms with Crippen LogP contribution in [-0.2, 0) is 6.42 Å². The number of carbonyl (C=O) groups is 1. The van der Waals surface area contributed by atoms with Crippen LogP contribution in [0.3, 0.4) is 0 Å². The van der Waals surface area contributed by atoms with Crippen LogP contribution in [-0.4, -0.2) is 15.8 Å². The molecule has 0 aliphatic rings. The van der Waals surface area contributed by atoms with Gasteiger partial charge in [-0.3, -0.25) is 9.78 Å². The first-order valence-electron chi connectivity index (χ1n) is 6.53. The van der Waals surface area contributed by atoms with Gasteiger partial charge in [0, 0.05) is 11.8 Å². The van der Waals surface area contributed by atoms with E-state index in [2.05, 4.69) is 9.97 Å². The third kappa shape index (κ3) is 2.57. The Kier molecular flexibility index (Phi) is 3.25. The summed E-state index contributed by atoms with van der Waals surface area (Å²) in [6, 6.07) is 15.3. The fraction of sp³-hybridized carbons (Fsp3) is 0.118. The van der Waals surface area contributed by atoms with Gasteiger partial charge in [0.1, 0.15) is 0 Å². The third-order valence-corrected chi connectivity index (χ3v) is 3.21. The van der Waals surface area contributed by atoms with Gasteiger partial charge in [0.2, 0.25) is 0 Å². The van der Waals surface area contributed by atoms with E-state index in [1.54, 1.807) is 6.20 Å². The zero-order chi connectivity index (χ0) is 13.9. The van der Waals surface area contributed by atoms with Gasteiger partial charge in [0.15, 0.2) is 5.78 Å². The van der Waals surface area contributed by atoms with E-state index in [1.807, 2.05) is 55.5 Å². The Labute approximate surface area is 117 Å². The minimum absolute atomic E-state index is 0.0644. The van der Waals surface area contributed by atoms with Crippen molar-refractivity contribution in [1.29, 1.82) is 0 Å². The molecule has 20 heavy (non-hydrogen) atoms. The molecule has 0 saturated carbocycles. The maximum Gasteiger partial charge on any atom is 0.168 e. The number of hydrogen-bond donors (Lipinski definition) is 0. The predicted molar refractivity (Wildman–Crippen MR) is 78.8 cm³/mol. The summed E-state index contributed by atoms with van der Waals surface area (Å²) >= 11 is 0. The van der Waals surface area contributed by atoms with Crippen molar-refractivity contribution in [3.05, 3.63) is 71.5 Å². The predicted octanol–water partition coefficient (Wildman–Crippen LogP) is 3.36. The Hall–Kier alpha value is -2.55. The molecule has 3 heteroatoms. The van der Waals surface area contributed by atoms with Crippen LogP contribution in [0, 0.1) is 6.92 Å². The molecule has 3 rings (SSSR count). The van der Waals surface area contributed by atoms with E-state index >= 15 is 0 Å². The molecule has 0 spiro atoms. The summed E-state index contributed by atoms with van der Waals surface area (Å²) in [7, 11) is 0. The van der Waals surface area contributed by atoms with Crippen molar-refractivity contribution < 1.29 is 4.79 Å². The molecule has 1 heterocycles. The van der Waals surface area contributed by atoms with Gasteiger partial charge >= 0.3 is 0 Å². The van der Waals surface area contributed by atoms with E-state index < -0.39 is 0 Å². The Bertz CT molecular complexity index is 763. The number of Topliss-reactive ketones (excluding diaryl/α,β-unsaturated/α-hetero) is 1. The first-order valence-corrected chi connectivity index (χ1v) is 6.53. The summed E-state index contributed by atoms with van der Waals surface area (Å²) in [4.78, 5) is 21.0. The highest BCUT2D eigenvalue weighted by molar-refractivity contribution is 5.97. The van der Waals surface area contributed by atoms with Crippen molar-refractivity contribution in [1.82, 2.24) is 9.97 Å². The molecular weight excluding hydrogens is 248 g/mol. The van der Waals surface area contributed by atoms with Gasteiger partial charge in [-0.2, -0.15) is 0 Å². The van der Waals surface area contributed by atoms with E-state index in [0.29, 0.717) is 11.3 Å². The molecule has 2 aromatic carbocycles. The second kappa shape index (κ2) is 5.21. The molecule has 0 aliphatic carbocycles. The summed E-state index contributed by atoms with van der Waals surface area (Å²) in [5.74, 6) is 0.0644. The minimum atomic E-state index is 0.0644. The second-order valence-corrected chi connectivity index (χ2v) is 4.82. The van der Waals surface area contributed by atoms with E-state index in [-0.39, 0.29) is 12.2 Å². The first kappa shape index (κ1) is 12.5. The van der Waals surface area contributed by atoms with Gasteiger partial charge in [-0.05, 0) is 19.1 Å². The number of hydrogen-bond acceptors (Lipinski definition) is 3. The molecule has 0 aliphatic heterocycles. The standard InChI is InChI=1S/C17H14N2O/c1-12-6-8-13(9-7-12)17(20)10-14-11-18-15-4-2-3-5-16(15)19-14/h2-9,11H,10H2,1H3. The van der Waals surface area contributed by atoms with Crippen LogP contribution in [0.25, 0.3) is 11.0 Å². The molecule has 0 amide bonds. The normalized spacial score (nSPS) is 10.7. The van der Waals surface area contributed by atoms with E-state index in [0.717, 1.165) is 16.6 Å². The van der Waals surface area contributed by atoms with Gasteiger partial charge in [-0.25, -0.2) is 4.98 Å². The number of rotatable bonds is 3. The summed E-state index contributed by atoms with van der Waals surface area (Å²) < 4.78 is 0. The molecule has 0 bridgehead atoms. The lowest BCUT2D eigenvalue weighted by molar-refractivity contribution is 0.0992. The fourth-order valence-electron chi connectivity index (χ4n) is 2.09. The lowest BCUT2D eigenvalue weighted by Crippen LogP contribution is -2.05. The Balaban J connectivity index is 1.85. The van der Waals surface area contributed by atoms with Crippen molar-refractivity contribution in [3.63, 3.8) is 0 Å². The fourth-order valence-corrected chi connectivity index (χ4v) is 2.09. The number of carbonyl (C=O) groups excluding carboxylic acids is 1. The van der Waals surface area contributed by atoms with Crippen molar-refractivity contribution in [2.75, 3.05) is 0 Å². The van der Waals surface area contributed by atoms with Gasteiger partial charge in [-0.1, -0.05) is 42.0 Å². The van der Waals surface area contributed by atoms with Gasteiger partial charge in [-0.15, -0.1) is 0 Å². The molecule has 3 aromatic rings. The summed E-state index contributed by atoms with van der Waals surface area (Å²) in [6.07, 6.45) is 1.95. The zero-order valence-corrected chi connectivity index (χ0v) is 11.2. The van der Waals surface area contributed by atoms with Crippen LogP contribution in [0.1, 0.15) is 21.6 Å². The highest BCUT2D eigenvalue weighted by Gasteiger charge is 2.08. The van der Waals surface area contributed by atoms with Crippen LogP contribution in [0.2, 0.25) is 0 Å². The van der Waals surface area contributed by atoms with Gasteiger partial charge in [0.05, 0.1) is 23.1 Å². The van der Waals surface area contributed by atoms with Gasteiger partial charge < -0.3 is 0 Å². The lowest BCUT2D eigenvalue weighted by Gasteiger charge is -2.03. The van der Waals surface area contributed by atoms with E-state index in [9.17, 15) is 4.79 Å². The summed E-state index contributed by atoms with van der Waals surface area (Å²) in [6.45, 7) is 2.00. The topological polar surface area (TPSA) is 42.9 Å². The molecule has 0 saturated heterocycles. The van der Waals surface area contributed by atoms with Crippen LogP contribution < -0.4 is 0 Å². The zero-order valence-electron chi connectivity index (χ0n) is 11.2. The molecule has 3 nitrogen and oxygen atoms in total. The number of nitrogens with zero attached hydrogens (tertiary/aromatic N) is 2. The Morgan fingerprint density at radius 2 is 1.70 bits per heavy atom. The molecule has 0 N–H and O–H groups in total. The maximum absolute atomic E-state index is 12.2. The number of para-hydroxylation sites is 2. The molecule has 98 valence electrons.